The van der Waals surface area contributed by atoms with Crippen molar-refractivity contribution in [3.63, 3.8) is 0 Å². The number of nitrogens with one attached hydrogen (secondary N) is 1. The zero-order valence-electron chi connectivity index (χ0n) is 17.4. The normalized spacial score (nSPS) is 11.9. The summed E-state index contributed by atoms with van der Waals surface area (Å²) >= 11 is 5.13. The zero-order valence-corrected chi connectivity index (χ0v) is 19.8. The molecule has 2 aromatic rings. The minimum Gasteiger partial charge on any atom is -0.352 e. The molecule has 0 aromatic heterocycles. The summed E-state index contributed by atoms with van der Waals surface area (Å²) in [6.07, 6.45) is 0.381. The van der Waals surface area contributed by atoms with Crippen LogP contribution in [0.2, 0.25) is 0 Å². The van der Waals surface area contributed by atoms with Crippen molar-refractivity contribution in [3.05, 3.63) is 64.1 Å². The van der Waals surface area contributed by atoms with E-state index in [0.717, 1.165) is 14.9 Å². The van der Waals surface area contributed by atoms with Crippen molar-refractivity contribution in [1.82, 2.24) is 10.2 Å². The fraction of sp³-hybridized carbons (Fsp3) is 0.391. The van der Waals surface area contributed by atoms with Crippen molar-refractivity contribution in [3.8, 4) is 0 Å². The Balaban J connectivity index is 2.06. The number of hydrogen-bond acceptors (Lipinski definition) is 3. The van der Waals surface area contributed by atoms with Crippen LogP contribution in [0.15, 0.2) is 57.9 Å². The van der Waals surface area contributed by atoms with Crippen LogP contribution in [0.5, 0.6) is 0 Å². The van der Waals surface area contributed by atoms with Crippen LogP contribution in [-0.2, 0) is 16.1 Å². The third kappa shape index (κ3) is 7.86. The van der Waals surface area contributed by atoms with Crippen LogP contribution in [0.25, 0.3) is 0 Å². The van der Waals surface area contributed by atoms with E-state index in [0.29, 0.717) is 18.7 Å². The fourth-order valence-corrected chi connectivity index (χ4v) is 4.14. The molecule has 0 fully saturated rings. The maximum absolute atomic E-state index is 13.0. The minimum atomic E-state index is -0.534. The first-order valence-electron chi connectivity index (χ1n) is 9.80. The molecule has 1 atom stereocenters. The summed E-state index contributed by atoms with van der Waals surface area (Å²) in [7, 11) is 0. The molecule has 2 rings (SSSR count). The smallest absolute Gasteiger partial charge is 0.242 e. The summed E-state index contributed by atoms with van der Waals surface area (Å²) in [4.78, 5) is 28.4. The summed E-state index contributed by atoms with van der Waals surface area (Å²) in [6.45, 7) is 8.09. The van der Waals surface area contributed by atoms with E-state index in [1.54, 1.807) is 23.6 Å². The van der Waals surface area contributed by atoms with Crippen molar-refractivity contribution >= 4 is 39.5 Å². The summed E-state index contributed by atoms with van der Waals surface area (Å²) in [5, 5.41) is 2.91. The lowest BCUT2D eigenvalue weighted by molar-refractivity contribution is -0.140. The van der Waals surface area contributed by atoms with Crippen molar-refractivity contribution < 1.29 is 9.59 Å². The van der Waals surface area contributed by atoms with Crippen molar-refractivity contribution in [2.75, 3.05) is 5.75 Å². The number of thioether (sulfide) groups is 1. The van der Waals surface area contributed by atoms with Gasteiger partial charge in [0, 0.05) is 34.1 Å². The number of halogens is 1. The topological polar surface area (TPSA) is 49.4 Å². The van der Waals surface area contributed by atoms with Crippen LogP contribution in [0, 0.1) is 6.92 Å². The number of carbonyl (C=O) groups excluding carboxylic acids is 2. The molecule has 0 heterocycles. The van der Waals surface area contributed by atoms with Gasteiger partial charge in [0.05, 0.1) is 0 Å². The van der Waals surface area contributed by atoms with Gasteiger partial charge in [-0.05, 0) is 57.5 Å². The Morgan fingerprint density at radius 1 is 1.10 bits per heavy atom. The van der Waals surface area contributed by atoms with Gasteiger partial charge in [0.1, 0.15) is 6.04 Å². The third-order valence-electron chi connectivity index (χ3n) is 4.45. The van der Waals surface area contributed by atoms with Crippen LogP contribution in [0.1, 0.15) is 38.3 Å². The van der Waals surface area contributed by atoms with Gasteiger partial charge in [0.2, 0.25) is 11.8 Å². The van der Waals surface area contributed by atoms with E-state index >= 15 is 0 Å². The van der Waals surface area contributed by atoms with Crippen molar-refractivity contribution in [2.45, 2.75) is 57.6 Å². The van der Waals surface area contributed by atoms with E-state index in [-0.39, 0.29) is 17.9 Å². The molecule has 1 N–H and O–H groups in total. The van der Waals surface area contributed by atoms with Crippen molar-refractivity contribution in [1.29, 1.82) is 0 Å². The molecule has 6 heteroatoms. The van der Waals surface area contributed by atoms with Gasteiger partial charge in [-0.3, -0.25) is 9.59 Å². The highest BCUT2D eigenvalue weighted by atomic mass is 79.9. The number of rotatable bonds is 9. The molecule has 0 aliphatic heterocycles. The molecular weight excluding hydrogens is 448 g/mol. The van der Waals surface area contributed by atoms with Gasteiger partial charge in [-0.25, -0.2) is 0 Å². The lowest BCUT2D eigenvalue weighted by atomic mass is 10.1. The maximum atomic E-state index is 13.0. The number of aryl methyl sites for hydroxylation is 1. The summed E-state index contributed by atoms with van der Waals surface area (Å²) < 4.78 is 0.955. The predicted octanol–water partition coefficient (Wildman–Crippen LogP) is 5.18. The summed E-state index contributed by atoms with van der Waals surface area (Å²) in [6, 6.07) is 15.6. The second kappa shape index (κ2) is 11.4. The Bertz CT molecular complexity index is 824. The Hall–Kier alpha value is -1.79. The predicted molar refractivity (Wildman–Crippen MR) is 124 cm³/mol. The maximum Gasteiger partial charge on any atom is 0.242 e. The zero-order chi connectivity index (χ0) is 21.4. The molecule has 0 bridgehead atoms. The Morgan fingerprint density at radius 2 is 1.79 bits per heavy atom. The first-order valence-corrected chi connectivity index (χ1v) is 11.6. The van der Waals surface area contributed by atoms with Gasteiger partial charge in [-0.2, -0.15) is 0 Å². The Labute approximate surface area is 186 Å². The number of nitrogens with zero attached hydrogens (tertiary/aromatic N) is 1. The fourth-order valence-electron chi connectivity index (χ4n) is 2.85. The average Bonchev–Trinajstić information content (AvgIpc) is 2.66. The van der Waals surface area contributed by atoms with Crippen LogP contribution in [-0.4, -0.2) is 34.6 Å². The molecule has 0 saturated heterocycles. The van der Waals surface area contributed by atoms with E-state index in [9.17, 15) is 9.59 Å². The number of benzene rings is 2. The number of hydrogen-bond donors (Lipinski definition) is 1. The van der Waals surface area contributed by atoms with Gasteiger partial charge < -0.3 is 10.2 Å². The molecule has 2 aromatic carbocycles. The molecule has 29 heavy (non-hydrogen) atoms. The highest BCUT2D eigenvalue weighted by Gasteiger charge is 2.26. The van der Waals surface area contributed by atoms with Crippen molar-refractivity contribution in [2.24, 2.45) is 0 Å². The van der Waals surface area contributed by atoms with Gasteiger partial charge in [0.25, 0.3) is 0 Å². The first-order chi connectivity index (χ1) is 13.8. The lowest BCUT2D eigenvalue weighted by Crippen LogP contribution is -2.49. The van der Waals surface area contributed by atoms with E-state index in [1.807, 2.05) is 38.1 Å². The number of amides is 2. The van der Waals surface area contributed by atoms with Gasteiger partial charge in [-0.15, -0.1) is 11.8 Å². The highest BCUT2D eigenvalue weighted by molar-refractivity contribution is 9.10. The van der Waals surface area contributed by atoms with Crippen LogP contribution < -0.4 is 5.32 Å². The Kier molecular flexibility index (Phi) is 9.24. The molecule has 0 radical (unpaired) electrons. The summed E-state index contributed by atoms with van der Waals surface area (Å²) in [5.41, 5.74) is 2.21. The molecule has 0 aliphatic carbocycles. The van der Waals surface area contributed by atoms with Crippen LogP contribution in [0.4, 0.5) is 0 Å². The second-order valence-corrected chi connectivity index (χ2v) is 9.49. The quantitative estimate of drug-likeness (QED) is 0.507. The molecule has 2 amide bonds. The SMILES string of the molecule is Cc1ccc(SCCC(=O)N(Cc2cccc(Br)c2)C(C)C(=O)NC(C)C)cc1. The first kappa shape index (κ1) is 23.5. The Morgan fingerprint density at radius 3 is 2.41 bits per heavy atom. The monoisotopic (exact) mass is 476 g/mol. The molecular formula is C23H29BrN2O2S. The molecule has 1 unspecified atom stereocenters. The summed E-state index contributed by atoms with van der Waals surface area (Å²) in [5.74, 6) is 0.528. The van der Waals surface area contributed by atoms with E-state index in [2.05, 4.69) is 52.4 Å². The van der Waals surface area contributed by atoms with Gasteiger partial charge in [-0.1, -0.05) is 45.8 Å². The van der Waals surface area contributed by atoms with Gasteiger partial charge in [0.15, 0.2) is 0 Å². The van der Waals surface area contributed by atoms with Crippen LogP contribution >= 0.6 is 27.7 Å². The van der Waals surface area contributed by atoms with E-state index in [4.69, 9.17) is 0 Å². The number of carbonyl (C=O) groups is 2. The highest BCUT2D eigenvalue weighted by Crippen LogP contribution is 2.21. The molecule has 4 nitrogen and oxygen atoms in total. The minimum absolute atomic E-state index is 0.0176. The molecule has 0 saturated carbocycles. The largest absolute Gasteiger partial charge is 0.352 e. The molecule has 0 spiro atoms. The average molecular weight is 477 g/mol. The van der Waals surface area contributed by atoms with E-state index < -0.39 is 6.04 Å². The molecule has 156 valence electrons. The third-order valence-corrected chi connectivity index (χ3v) is 5.95. The van der Waals surface area contributed by atoms with E-state index in [1.165, 1.54) is 5.56 Å². The second-order valence-electron chi connectivity index (χ2n) is 7.40. The standard InChI is InChI=1S/C23H29BrN2O2S/c1-16(2)25-23(28)18(4)26(15-19-6-5-7-20(24)14-19)22(27)12-13-29-21-10-8-17(3)9-11-21/h5-11,14,16,18H,12-13,15H2,1-4H3,(H,25,28). The lowest BCUT2D eigenvalue weighted by Gasteiger charge is -2.29. The van der Waals surface area contributed by atoms with Crippen LogP contribution in [0.3, 0.4) is 0 Å². The van der Waals surface area contributed by atoms with Gasteiger partial charge >= 0.3 is 0 Å². The molecule has 0 aliphatic rings.